The predicted octanol–water partition coefficient (Wildman–Crippen LogP) is 6.49. The molecule has 5 rings (SSSR count). The zero-order valence-corrected chi connectivity index (χ0v) is 22.9. The van der Waals surface area contributed by atoms with Crippen molar-refractivity contribution < 1.29 is 14.7 Å². The number of nitrogens with one attached hydrogen (secondary N) is 2. The van der Waals surface area contributed by atoms with Gasteiger partial charge < -0.3 is 15.7 Å². The number of pyridine rings is 1. The molecule has 4 aromatic rings. The first-order valence-electron chi connectivity index (χ1n) is 13.5. The molecule has 1 unspecified atom stereocenters. The number of imidazole rings is 1. The lowest BCUT2D eigenvalue weighted by atomic mass is 9.82. The van der Waals surface area contributed by atoms with E-state index in [1.165, 1.54) is 11.3 Å². The topological polar surface area (TPSA) is 95.7 Å². The molecule has 1 atom stereocenters. The summed E-state index contributed by atoms with van der Waals surface area (Å²) in [5.41, 5.74) is 4.06. The number of nitrogens with zero attached hydrogens (tertiary/aromatic N) is 2. The van der Waals surface area contributed by atoms with Crippen molar-refractivity contribution in [3.8, 4) is 11.3 Å². The number of rotatable bonds is 10. The molecule has 1 saturated carbocycles. The summed E-state index contributed by atoms with van der Waals surface area (Å²) >= 11 is 1.69. The highest BCUT2D eigenvalue weighted by Gasteiger charge is 2.28. The Morgan fingerprint density at radius 2 is 1.79 bits per heavy atom. The van der Waals surface area contributed by atoms with Gasteiger partial charge in [0.2, 0.25) is 0 Å². The van der Waals surface area contributed by atoms with Crippen LogP contribution in [0.4, 0.5) is 5.82 Å². The maximum atomic E-state index is 13.3. The lowest BCUT2D eigenvalue weighted by molar-refractivity contribution is -0.137. The number of thioether (sulfide) groups is 1. The highest BCUT2D eigenvalue weighted by molar-refractivity contribution is 7.98. The number of amides is 1. The van der Waals surface area contributed by atoms with Gasteiger partial charge in [0.05, 0.1) is 6.42 Å². The minimum absolute atomic E-state index is 0.0637. The molecule has 1 amide bonds. The third-order valence-corrected chi connectivity index (χ3v) is 8.23. The van der Waals surface area contributed by atoms with E-state index in [9.17, 15) is 14.7 Å². The predicted molar refractivity (Wildman–Crippen MR) is 156 cm³/mol. The zero-order valence-electron chi connectivity index (χ0n) is 22.1. The van der Waals surface area contributed by atoms with Crippen LogP contribution in [0.15, 0.2) is 77.8 Å². The van der Waals surface area contributed by atoms with Crippen LogP contribution in [0.2, 0.25) is 0 Å². The van der Waals surface area contributed by atoms with E-state index in [1.807, 2.05) is 28.8 Å². The van der Waals surface area contributed by atoms with Crippen molar-refractivity contribution in [3.63, 3.8) is 0 Å². The Morgan fingerprint density at radius 3 is 2.49 bits per heavy atom. The molecular weight excluding hydrogens is 508 g/mol. The lowest BCUT2D eigenvalue weighted by Crippen LogP contribution is -2.42. The summed E-state index contributed by atoms with van der Waals surface area (Å²) in [5.74, 6) is -0.106. The van der Waals surface area contributed by atoms with Gasteiger partial charge in [-0.15, -0.1) is 11.8 Å². The highest BCUT2D eigenvalue weighted by Crippen LogP contribution is 2.32. The van der Waals surface area contributed by atoms with E-state index in [2.05, 4.69) is 53.3 Å². The molecule has 2 aromatic heterocycles. The number of aromatic nitrogens is 2. The molecule has 1 aliphatic carbocycles. The quantitative estimate of drug-likeness (QED) is 0.198. The van der Waals surface area contributed by atoms with Crippen LogP contribution in [0, 0.1) is 5.92 Å². The Labute approximate surface area is 233 Å². The van der Waals surface area contributed by atoms with E-state index in [4.69, 9.17) is 4.98 Å². The van der Waals surface area contributed by atoms with E-state index >= 15 is 0 Å². The maximum absolute atomic E-state index is 13.3. The second kappa shape index (κ2) is 12.4. The van der Waals surface area contributed by atoms with Crippen molar-refractivity contribution >= 4 is 35.1 Å². The largest absolute Gasteiger partial charge is 0.481 e. The first-order chi connectivity index (χ1) is 19.0. The summed E-state index contributed by atoms with van der Waals surface area (Å²) in [6.07, 6.45) is 9.08. The Bertz CT molecular complexity index is 1430. The highest BCUT2D eigenvalue weighted by atomic mass is 32.2. The lowest BCUT2D eigenvalue weighted by Gasteiger charge is -2.30. The first-order valence-corrected chi connectivity index (χ1v) is 14.7. The van der Waals surface area contributed by atoms with Gasteiger partial charge in [-0.2, -0.15) is 0 Å². The number of hydrogen-bond donors (Lipinski definition) is 3. The van der Waals surface area contributed by atoms with Crippen LogP contribution in [0.1, 0.15) is 54.4 Å². The Hall–Kier alpha value is -3.78. The van der Waals surface area contributed by atoms with Crippen LogP contribution in [0.3, 0.4) is 0 Å². The molecule has 0 saturated heterocycles. The van der Waals surface area contributed by atoms with Crippen LogP contribution in [0.5, 0.6) is 0 Å². The number of anilines is 1. The fourth-order valence-electron chi connectivity index (χ4n) is 5.40. The normalized spacial score (nSPS) is 14.7. The molecule has 0 radical (unpaired) electrons. The summed E-state index contributed by atoms with van der Waals surface area (Å²) < 4.78 is 1.97. The van der Waals surface area contributed by atoms with Crippen LogP contribution in [-0.4, -0.2) is 38.7 Å². The Balaban J connectivity index is 1.45. The molecule has 7 nitrogen and oxygen atoms in total. The van der Waals surface area contributed by atoms with Crippen molar-refractivity contribution in [1.82, 2.24) is 14.7 Å². The molecule has 0 spiro atoms. The number of aliphatic carboxylic acids is 1. The first kappa shape index (κ1) is 26.8. The summed E-state index contributed by atoms with van der Waals surface area (Å²) in [6.45, 7) is 0.630. The zero-order chi connectivity index (χ0) is 27.2. The number of carboxylic acids is 1. The van der Waals surface area contributed by atoms with Gasteiger partial charge in [-0.25, -0.2) is 4.98 Å². The van der Waals surface area contributed by atoms with Crippen molar-refractivity contribution in [2.75, 3.05) is 11.6 Å². The average Bonchev–Trinajstić information content (AvgIpc) is 3.34. The van der Waals surface area contributed by atoms with Gasteiger partial charge in [-0.3, -0.25) is 14.0 Å². The number of fused-ring (bicyclic) bond motifs is 1. The third kappa shape index (κ3) is 6.45. The fourth-order valence-corrected chi connectivity index (χ4v) is 5.81. The summed E-state index contributed by atoms with van der Waals surface area (Å²) in [5, 5.41) is 16.1. The van der Waals surface area contributed by atoms with E-state index in [-0.39, 0.29) is 24.3 Å². The number of carboxylic acid groups (broad SMARTS) is 1. The van der Waals surface area contributed by atoms with E-state index < -0.39 is 5.97 Å². The van der Waals surface area contributed by atoms with E-state index in [1.54, 1.807) is 23.9 Å². The molecule has 1 aliphatic rings. The van der Waals surface area contributed by atoms with Crippen LogP contribution < -0.4 is 10.6 Å². The molecule has 0 aliphatic heterocycles. The molecule has 2 heterocycles. The molecule has 202 valence electrons. The molecule has 39 heavy (non-hydrogen) atoms. The number of benzene rings is 2. The van der Waals surface area contributed by atoms with Crippen molar-refractivity contribution in [1.29, 1.82) is 0 Å². The van der Waals surface area contributed by atoms with Gasteiger partial charge in [-0.05, 0) is 54.8 Å². The Morgan fingerprint density at radius 1 is 1.05 bits per heavy atom. The van der Waals surface area contributed by atoms with Crippen LogP contribution >= 0.6 is 11.8 Å². The summed E-state index contributed by atoms with van der Waals surface area (Å²) in [7, 11) is 0. The molecular formula is C31H34N4O3S. The van der Waals surface area contributed by atoms with E-state index in [0.29, 0.717) is 17.8 Å². The second-order valence-electron chi connectivity index (χ2n) is 10.1. The number of carbonyl (C=O) groups excluding carboxylic acids is 1. The van der Waals surface area contributed by atoms with Gasteiger partial charge >= 0.3 is 5.97 Å². The maximum Gasteiger partial charge on any atom is 0.305 e. The average molecular weight is 543 g/mol. The molecule has 3 N–H and O–H groups in total. The van der Waals surface area contributed by atoms with Gasteiger partial charge in [0, 0.05) is 34.8 Å². The van der Waals surface area contributed by atoms with Gasteiger partial charge in [0.25, 0.3) is 5.91 Å². The minimum Gasteiger partial charge on any atom is -0.481 e. The van der Waals surface area contributed by atoms with Crippen molar-refractivity contribution in [2.24, 2.45) is 5.92 Å². The molecule has 2 aromatic carbocycles. The monoisotopic (exact) mass is 542 g/mol. The summed E-state index contributed by atoms with van der Waals surface area (Å²) in [6, 6.07) is 21.7. The SMILES string of the molecule is CSc1ccc(-c2nc3cc(C(=O)NC(CC(=O)O)C4CCCCC4)ccn3c2NCc2ccccc2)cc1. The number of carbonyl (C=O) groups is 2. The van der Waals surface area contributed by atoms with Gasteiger partial charge in [-0.1, -0.05) is 61.7 Å². The second-order valence-corrected chi connectivity index (χ2v) is 11.0. The summed E-state index contributed by atoms with van der Waals surface area (Å²) in [4.78, 5) is 31.0. The minimum atomic E-state index is -0.888. The van der Waals surface area contributed by atoms with Crippen molar-refractivity contribution in [2.45, 2.75) is 56.0 Å². The molecule has 1 fully saturated rings. The van der Waals surface area contributed by atoms with Gasteiger partial charge in [0.15, 0.2) is 0 Å². The number of hydrogen-bond acceptors (Lipinski definition) is 5. The Kier molecular flexibility index (Phi) is 8.51. The standard InChI is InChI=1S/C31H34N4O3S/c1-39-25-14-12-23(13-15-25)29-30(32-20-21-8-4-2-5-9-21)35-17-16-24(18-27(35)34-29)31(38)33-26(19-28(36)37)22-10-6-3-7-11-22/h2,4-5,8-9,12-18,22,26,32H,3,6-7,10-11,19-20H2,1H3,(H,33,38)(H,36,37). The van der Waals surface area contributed by atoms with E-state index in [0.717, 1.165) is 48.3 Å². The van der Waals surface area contributed by atoms with Crippen LogP contribution in [0.25, 0.3) is 16.9 Å². The fraction of sp³-hybridized carbons (Fsp3) is 0.323. The van der Waals surface area contributed by atoms with Crippen LogP contribution in [-0.2, 0) is 11.3 Å². The van der Waals surface area contributed by atoms with Crippen molar-refractivity contribution in [3.05, 3.63) is 84.1 Å². The molecule has 0 bridgehead atoms. The van der Waals surface area contributed by atoms with Gasteiger partial charge in [0.1, 0.15) is 17.2 Å². The smallest absolute Gasteiger partial charge is 0.305 e. The third-order valence-electron chi connectivity index (χ3n) is 7.48. The molecule has 8 heteroatoms.